The fourth-order valence-corrected chi connectivity index (χ4v) is 3.64. The van der Waals surface area contributed by atoms with E-state index in [9.17, 15) is 9.18 Å². The van der Waals surface area contributed by atoms with Gasteiger partial charge < -0.3 is 11.1 Å². The van der Waals surface area contributed by atoms with Crippen molar-refractivity contribution >= 4 is 45.6 Å². The van der Waals surface area contributed by atoms with Crippen molar-refractivity contribution in [2.45, 2.75) is 20.4 Å². The minimum Gasteiger partial charge on any atom is -0.397 e. The van der Waals surface area contributed by atoms with Gasteiger partial charge in [-0.25, -0.2) is 9.37 Å². The van der Waals surface area contributed by atoms with E-state index >= 15 is 0 Å². The van der Waals surface area contributed by atoms with Gasteiger partial charge in [0.1, 0.15) is 15.5 Å². The lowest BCUT2D eigenvalue weighted by Gasteiger charge is -2.05. The largest absolute Gasteiger partial charge is 0.397 e. The molecule has 3 aromatic rings. The molecule has 1 aromatic carbocycles. The predicted molar refractivity (Wildman–Crippen MR) is 98.3 cm³/mol. The van der Waals surface area contributed by atoms with Crippen molar-refractivity contribution in [3.8, 4) is 0 Å². The number of nitrogens with one attached hydrogen (secondary N) is 1. The molecule has 0 saturated heterocycles. The number of carbonyl (C=O) groups excluding carboxylic acids is 1. The predicted octanol–water partition coefficient (Wildman–Crippen LogP) is 3.99. The molecule has 1 amide bonds. The van der Waals surface area contributed by atoms with Crippen molar-refractivity contribution in [3.05, 3.63) is 57.8 Å². The summed E-state index contributed by atoms with van der Waals surface area (Å²) in [5.41, 5.74) is 9.34. The monoisotopic (exact) mass is 365 g/mol. The van der Waals surface area contributed by atoms with Crippen LogP contribution in [0.1, 0.15) is 26.5 Å². The number of benzene rings is 1. The van der Waals surface area contributed by atoms with Gasteiger partial charge in [0.05, 0.1) is 5.69 Å². The maximum absolute atomic E-state index is 12.9. The van der Waals surface area contributed by atoms with E-state index in [1.165, 1.54) is 23.5 Å². The van der Waals surface area contributed by atoms with Crippen LogP contribution in [0.15, 0.2) is 30.3 Å². The molecule has 0 radical (unpaired) electrons. The molecule has 4 nitrogen and oxygen atoms in total. The van der Waals surface area contributed by atoms with Crippen molar-refractivity contribution < 1.29 is 9.18 Å². The zero-order valence-corrected chi connectivity index (χ0v) is 14.9. The maximum atomic E-state index is 12.9. The number of aryl methyl sites for hydroxylation is 2. The quantitative estimate of drug-likeness (QED) is 0.737. The topological polar surface area (TPSA) is 68.0 Å². The van der Waals surface area contributed by atoms with Gasteiger partial charge in [-0.1, -0.05) is 12.1 Å². The molecule has 0 aliphatic rings. The third-order valence-electron chi connectivity index (χ3n) is 3.60. The van der Waals surface area contributed by atoms with Crippen molar-refractivity contribution in [2.75, 3.05) is 5.73 Å². The van der Waals surface area contributed by atoms with E-state index in [2.05, 4.69) is 10.3 Å². The highest BCUT2D eigenvalue weighted by Crippen LogP contribution is 2.34. The SMILES string of the molecule is Cc1cc(C)c2c(N)c(C(=O)NCc3ccc(F)cc3)sc2n1.Cl. The summed E-state index contributed by atoms with van der Waals surface area (Å²) in [6.07, 6.45) is 0. The number of amides is 1. The Morgan fingerprint density at radius 2 is 1.96 bits per heavy atom. The summed E-state index contributed by atoms with van der Waals surface area (Å²) in [6, 6.07) is 7.96. The molecule has 0 bridgehead atoms. The summed E-state index contributed by atoms with van der Waals surface area (Å²) in [6.45, 7) is 4.19. The lowest BCUT2D eigenvalue weighted by atomic mass is 10.1. The fraction of sp³-hybridized carbons (Fsp3) is 0.176. The van der Waals surface area contributed by atoms with Crippen molar-refractivity contribution in [2.24, 2.45) is 0 Å². The molecule has 7 heteroatoms. The van der Waals surface area contributed by atoms with Crippen LogP contribution in [0.2, 0.25) is 0 Å². The molecule has 0 atom stereocenters. The van der Waals surface area contributed by atoms with Gasteiger partial charge in [0.15, 0.2) is 0 Å². The third-order valence-corrected chi connectivity index (χ3v) is 4.69. The Morgan fingerprint density at radius 3 is 2.62 bits per heavy atom. The van der Waals surface area contributed by atoms with Crippen LogP contribution in [-0.4, -0.2) is 10.9 Å². The molecular formula is C17H17ClFN3OS. The summed E-state index contributed by atoms with van der Waals surface area (Å²) in [7, 11) is 0. The van der Waals surface area contributed by atoms with Crippen LogP contribution < -0.4 is 11.1 Å². The zero-order chi connectivity index (χ0) is 16.6. The molecule has 2 heterocycles. The van der Waals surface area contributed by atoms with E-state index in [0.29, 0.717) is 17.1 Å². The molecule has 3 rings (SSSR count). The van der Waals surface area contributed by atoms with Crippen LogP contribution in [0.3, 0.4) is 0 Å². The highest BCUT2D eigenvalue weighted by molar-refractivity contribution is 7.21. The van der Waals surface area contributed by atoms with Crippen molar-refractivity contribution in [1.29, 1.82) is 0 Å². The smallest absolute Gasteiger partial charge is 0.263 e. The van der Waals surface area contributed by atoms with E-state index in [1.54, 1.807) is 12.1 Å². The average molecular weight is 366 g/mol. The molecule has 0 aliphatic heterocycles. The molecule has 126 valence electrons. The number of pyridine rings is 1. The number of anilines is 1. The molecule has 0 spiro atoms. The first-order valence-corrected chi connectivity index (χ1v) is 7.96. The van der Waals surface area contributed by atoms with Crippen LogP contribution in [0.4, 0.5) is 10.1 Å². The van der Waals surface area contributed by atoms with E-state index < -0.39 is 0 Å². The van der Waals surface area contributed by atoms with Gasteiger partial charge in [0.2, 0.25) is 0 Å². The van der Waals surface area contributed by atoms with Gasteiger partial charge in [0.25, 0.3) is 5.91 Å². The first-order valence-electron chi connectivity index (χ1n) is 7.14. The van der Waals surface area contributed by atoms with Crippen LogP contribution in [-0.2, 0) is 6.54 Å². The number of halogens is 2. The summed E-state index contributed by atoms with van der Waals surface area (Å²) in [4.78, 5) is 18.1. The van der Waals surface area contributed by atoms with Gasteiger partial charge in [-0.05, 0) is 43.2 Å². The minimum absolute atomic E-state index is 0. The van der Waals surface area contributed by atoms with E-state index in [-0.39, 0.29) is 24.1 Å². The second kappa shape index (κ2) is 7.15. The Hall–Kier alpha value is -2.18. The number of fused-ring (bicyclic) bond motifs is 1. The normalized spacial score (nSPS) is 10.5. The van der Waals surface area contributed by atoms with Gasteiger partial charge >= 0.3 is 0 Å². The van der Waals surface area contributed by atoms with Gasteiger partial charge in [0, 0.05) is 17.6 Å². The number of carbonyl (C=O) groups is 1. The highest BCUT2D eigenvalue weighted by Gasteiger charge is 2.18. The minimum atomic E-state index is -0.300. The summed E-state index contributed by atoms with van der Waals surface area (Å²) < 4.78 is 12.9. The van der Waals surface area contributed by atoms with Gasteiger partial charge in [-0.15, -0.1) is 23.7 Å². The molecule has 0 saturated carbocycles. The Kier molecular flexibility index (Phi) is 5.41. The fourth-order valence-electron chi connectivity index (χ4n) is 2.50. The summed E-state index contributed by atoms with van der Waals surface area (Å²) in [5, 5.41) is 3.65. The van der Waals surface area contributed by atoms with E-state index in [1.807, 2.05) is 19.9 Å². The summed E-state index contributed by atoms with van der Waals surface area (Å²) >= 11 is 1.29. The number of hydrogen-bond acceptors (Lipinski definition) is 4. The number of nitrogens with zero attached hydrogens (tertiary/aromatic N) is 1. The number of thiophene rings is 1. The molecule has 24 heavy (non-hydrogen) atoms. The van der Waals surface area contributed by atoms with Crippen molar-refractivity contribution in [3.63, 3.8) is 0 Å². The number of aromatic nitrogens is 1. The van der Waals surface area contributed by atoms with Crippen LogP contribution in [0.25, 0.3) is 10.2 Å². The standard InChI is InChI=1S/C17H16FN3OS.ClH/c1-9-7-10(2)21-17-13(9)14(19)15(23-17)16(22)20-8-11-3-5-12(18)6-4-11;/h3-7H,8,19H2,1-2H3,(H,20,22);1H. The molecule has 2 aromatic heterocycles. The van der Waals surface area contributed by atoms with Crippen LogP contribution in [0.5, 0.6) is 0 Å². The molecule has 3 N–H and O–H groups in total. The maximum Gasteiger partial charge on any atom is 0.263 e. The van der Waals surface area contributed by atoms with E-state index in [4.69, 9.17) is 5.73 Å². The van der Waals surface area contributed by atoms with Crippen LogP contribution in [0, 0.1) is 19.7 Å². The number of nitrogens with two attached hydrogens (primary N) is 1. The Bertz CT molecular complexity index is 893. The van der Waals surface area contributed by atoms with Gasteiger partial charge in [-0.2, -0.15) is 0 Å². The molecular weight excluding hydrogens is 349 g/mol. The Balaban J connectivity index is 0.00000208. The summed E-state index contributed by atoms with van der Waals surface area (Å²) in [5.74, 6) is -0.544. The lowest BCUT2D eigenvalue weighted by Crippen LogP contribution is -2.22. The average Bonchev–Trinajstić information content (AvgIpc) is 2.83. The molecule has 0 fully saturated rings. The van der Waals surface area contributed by atoms with Gasteiger partial charge in [-0.3, -0.25) is 4.79 Å². The first-order chi connectivity index (χ1) is 11.0. The third kappa shape index (κ3) is 3.49. The van der Waals surface area contributed by atoms with Crippen LogP contribution >= 0.6 is 23.7 Å². The second-order valence-corrected chi connectivity index (χ2v) is 6.41. The molecule has 0 unspecified atom stereocenters. The second-order valence-electron chi connectivity index (χ2n) is 5.41. The number of nitrogen functional groups attached to an aromatic ring is 1. The lowest BCUT2D eigenvalue weighted by molar-refractivity contribution is 0.0956. The Labute approximate surface area is 149 Å². The Morgan fingerprint density at radius 1 is 1.29 bits per heavy atom. The number of rotatable bonds is 3. The first kappa shape index (κ1) is 18.2. The number of hydrogen-bond donors (Lipinski definition) is 2. The zero-order valence-electron chi connectivity index (χ0n) is 13.2. The van der Waals surface area contributed by atoms with Crippen molar-refractivity contribution in [1.82, 2.24) is 10.3 Å². The molecule has 0 aliphatic carbocycles. The van der Waals surface area contributed by atoms with E-state index in [0.717, 1.165) is 27.0 Å². The highest BCUT2D eigenvalue weighted by atomic mass is 35.5.